The Balaban J connectivity index is 2.40. The zero-order chi connectivity index (χ0) is 13.1. The van der Waals surface area contributed by atoms with Crippen LogP contribution in [0.3, 0.4) is 0 Å². The number of carboxylic acids is 1. The van der Waals surface area contributed by atoms with Gasteiger partial charge in [0, 0.05) is 12.6 Å². The summed E-state index contributed by atoms with van der Waals surface area (Å²) in [6.45, 7) is 2.13. The van der Waals surface area contributed by atoms with Crippen LogP contribution in [0.15, 0.2) is 12.3 Å². The number of unbranched alkanes of at least 4 members (excludes halogenated alkanes) is 2. The SMILES string of the molecule is CCCCCc1nnc2c(Cl)cc(C(=O)O)cn12. The Morgan fingerprint density at radius 1 is 1.44 bits per heavy atom. The number of rotatable bonds is 5. The topological polar surface area (TPSA) is 67.5 Å². The van der Waals surface area contributed by atoms with Gasteiger partial charge < -0.3 is 5.11 Å². The van der Waals surface area contributed by atoms with Gasteiger partial charge in [-0.2, -0.15) is 0 Å². The van der Waals surface area contributed by atoms with Gasteiger partial charge in [-0.3, -0.25) is 4.40 Å². The van der Waals surface area contributed by atoms with E-state index in [1.54, 1.807) is 4.40 Å². The molecular formula is C12H14ClN3O2. The molecule has 96 valence electrons. The first-order valence-electron chi connectivity index (χ1n) is 5.90. The van der Waals surface area contributed by atoms with Crippen molar-refractivity contribution in [3.63, 3.8) is 0 Å². The number of nitrogens with zero attached hydrogens (tertiary/aromatic N) is 3. The van der Waals surface area contributed by atoms with Gasteiger partial charge in [0.05, 0.1) is 10.6 Å². The van der Waals surface area contributed by atoms with E-state index < -0.39 is 5.97 Å². The lowest BCUT2D eigenvalue weighted by Crippen LogP contribution is -2.02. The average molecular weight is 268 g/mol. The number of aromatic nitrogens is 3. The summed E-state index contributed by atoms with van der Waals surface area (Å²) in [6.07, 6.45) is 5.53. The molecular weight excluding hydrogens is 254 g/mol. The van der Waals surface area contributed by atoms with Crippen molar-refractivity contribution >= 4 is 23.2 Å². The van der Waals surface area contributed by atoms with E-state index in [0.717, 1.165) is 31.5 Å². The Morgan fingerprint density at radius 3 is 2.89 bits per heavy atom. The number of pyridine rings is 1. The molecule has 0 spiro atoms. The minimum absolute atomic E-state index is 0.143. The van der Waals surface area contributed by atoms with Crippen LogP contribution in [-0.2, 0) is 6.42 Å². The summed E-state index contributed by atoms with van der Waals surface area (Å²) in [6, 6.07) is 1.39. The highest BCUT2D eigenvalue weighted by atomic mass is 35.5. The Labute approximate surface area is 109 Å². The molecule has 0 aliphatic heterocycles. The number of carbonyl (C=O) groups is 1. The highest BCUT2D eigenvalue weighted by molar-refractivity contribution is 6.33. The third kappa shape index (κ3) is 2.46. The Hall–Kier alpha value is -1.62. The lowest BCUT2D eigenvalue weighted by atomic mass is 10.2. The second kappa shape index (κ2) is 5.35. The first kappa shape index (κ1) is 12.8. The van der Waals surface area contributed by atoms with Gasteiger partial charge in [0.1, 0.15) is 5.82 Å². The second-order valence-corrected chi connectivity index (χ2v) is 4.56. The maximum absolute atomic E-state index is 11.0. The zero-order valence-electron chi connectivity index (χ0n) is 10.1. The highest BCUT2D eigenvalue weighted by Gasteiger charge is 2.13. The van der Waals surface area contributed by atoms with E-state index in [2.05, 4.69) is 17.1 Å². The lowest BCUT2D eigenvalue weighted by Gasteiger charge is -2.02. The van der Waals surface area contributed by atoms with Crippen molar-refractivity contribution < 1.29 is 9.90 Å². The van der Waals surface area contributed by atoms with Gasteiger partial charge in [0.25, 0.3) is 0 Å². The van der Waals surface area contributed by atoms with Gasteiger partial charge in [0.2, 0.25) is 0 Å². The van der Waals surface area contributed by atoms with E-state index in [9.17, 15) is 4.79 Å². The third-order valence-corrected chi connectivity index (χ3v) is 3.06. The second-order valence-electron chi connectivity index (χ2n) is 4.15. The third-order valence-electron chi connectivity index (χ3n) is 2.78. The molecule has 5 nitrogen and oxygen atoms in total. The largest absolute Gasteiger partial charge is 0.478 e. The first-order chi connectivity index (χ1) is 8.63. The van der Waals surface area contributed by atoms with Crippen molar-refractivity contribution in [2.45, 2.75) is 32.6 Å². The van der Waals surface area contributed by atoms with Crippen LogP contribution in [0.2, 0.25) is 5.02 Å². The first-order valence-corrected chi connectivity index (χ1v) is 6.27. The van der Waals surface area contributed by atoms with Crippen LogP contribution in [0.25, 0.3) is 5.65 Å². The number of aryl methyl sites for hydroxylation is 1. The Morgan fingerprint density at radius 2 is 2.22 bits per heavy atom. The van der Waals surface area contributed by atoms with Crippen LogP contribution in [0.5, 0.6) is 0 Å². The van der Waals surface area contributed by atoms with Gasteiger partial charge in [-0.05, 0) is 12.5 Å². The van der Waals surface area contributed by atoms with Crippen LogP contribution in [0.1, 0.15) is 42.4 Å². The molecule has 0 saturated carbocycles. The maximum atomic E-state index is 11.0. The summed E-state index contributed by atoms with van der Waals surface area (Å²) in [4.78, 5) is 11.0. The fourth-order valence-corrected chi connectivity index (χ4v) is 2.07. The lowest BCUT2D eigenvalue weighted by molar-refractivity contribution is 0.0696. The van der Waals surface area contributed by atoms with Crippen molar-refractivity contribution in [2.24, 2.45) is 0 Å². The molecule has 2 aromatic rings. The molecule has 0 bridgehead atoms. The fourth-order valence-electron chi connectivity index (χ4n) is 1.82. The minimum Gasteiger partial charge on any atom is -0.478 e. The number of hydrogen-bond donors (Lipinski definition) is 1. The molecule has 0 aliphatic carbocycles. The van der Waals surface area contributed by atoms with Crippen molar-refractivity contribution in [1.82, 2.24) is 14.6 Å². The summed E-state index contributed by atoms with van der Waals surface area (Å²) in [5.74, 6) is -0.254. The quantitative estimate of drug-likeness (QED) is 0.846. The van der Waals surface area contributed by atoms with Crippen molar-refractivity contribution in [1.29, 1.82) is 0 Å². The fraction of sp³-hybridized carbons (Fsp3) is 0.417. The molecule has 0 saturated heterocycles. The Bertz CT molecular complexity index is 580. The number of hydrogen-bond acceptors (Lipinski definition) is 3. The van der Waals surface area contributed by atoms with Gasteiger partial charge in [-0.1, -0.05) is 31.4 Å². The van der Waals surface area contributed by atoms with E-state index in [0.29, 0.717) is 10.7 Å². The molecule has 0 amide bonds. The molecule has 0 radical (unpaired) electrons. The molecule has 0 atom stereocenters. The molecule has 2 heterocycles. The van der Waals surface area contributed by atoms with Crippen molar-refractivity contribution in [2.75, 3.05) is 0 Å². The summed E-state index contributed by atoms with van der Waals surface area (Å²) < 4.78 is 1.67. The van der Waals surface area contributed by atoms with E-state index in [4.69, 9.17) is 16.7 Å². The standard InChI is InChI=1S/C12H14ClN3O2/c1-2-3-4-5-10-14-15-11-9(13)6-8(12(17)18)7-16(10)11/h6-7H,2-5H2,1H3,(H,17,18). The number of aromatic carboxylic acids is 1. The molecule has 6 heteroatoms. The molecule has 0 aromatic carbocycles. The average Bonchev–Trinajstić information content (AvgIpc) is 2.73. The van der Waals surface area contributed by atoms with E-state index in [1.807, 2.05) is 0 Å². The zero-order valence-corrected chi connectivity index (χ0v) is 10.8. The summed E-state index contributed by atoms with van der Waals surface area (Å²) in [7, 11) is 0. The molecule has 2 aromatic heterocycles. The van der Waals surface area contributed by atoms with Crippen molar-refractivity contribution in [3.05, 3.63) is 28.7 Å². The molecule has 18 heavy (non-hydrogen) atoms. The number of carboxylic acid groups (broad SMARTS) is 1. The van der Waals surface area contributed by atoms with E-state index >= 15 is 0 Å². The Kier molecular flexibility index (Phi) is 3.81. The van der Waals surface area contributed by atoms with E-state index in [-0.39, 0.29) is 5.56 Å². The predicted octanol–water partition coefficient (Wildman–Crippen LogP) is 2.81. The minimum atomic E-state index is -1.01. The smallest absolute Gasteiger partial charge is 0.337 e. The number of fused-ring (bicyclic) bond motifs is 1. The van der Waals surface area contributed by atoms with Crippen LogP contribution in [0.4, 0.5) is 0 Å². The van der Waals surface area contributed by atoms with Crippen LogP contribution < -0.4 is 0 Å². The molecule has 0 aliphatic rings. The monoisotopic (exact) mass is 267 g/mol. The van der Waals surface area contributed by atoms with E-state index in [1.165, 1.54) is 12.3 Å². The molecule has 2 rings (SSSR count). The van der Waals surface area contributed by atoms with Gasteiger partial charge in [-0.15, -0.1) is 10.2 Å². The summed E-state index contributed by atoms with van der Waals surface area (Å²) in [5, 5.41) is 17.4. The summed E-state index contributed by atoms with van der Waals surface area (Å²) in [5.41, 5.74) is 0.650. The van der Waals surface area contributed by atoms with Crippen LogP contribution >= 0.6 is 11.6 Å². The number of halogens is 1. The van der Waals surface area contributed by atoms with Gasteiger partial charge in [-0.25, -0.2) is 4.79 Å². The van der Waals surface area contributed by atoms with Crippen molar-refractivity contribution in [3.8, 4) is 0 Å². The predicted molar refractivity (Wildman–Crippen MR) is 68.2 cm³/mol. The van der Waals surface area contributed by atoms with Crippen LogP contribution in [-0.4, -0.2) is 25.7 Å². The molecule has 0 unspecified atom stereocenters. The molecule has 1 N–H and O–H groups in total. The summed E-state index contributed by atoms with van der Waals surface area (Å²) >= 11 is 5.99. The molecule has 0 fully saturated rings. The maximum Gasteiger partial charge on any atom is 0.337 e. The highest BCUT2D eigenvalue weighted by Crippen LogP contribution is 2.19. The van der Waals surface area contributed by atoms with Gasteiger partial charge >= 0.3 is 5.97 Å². The van der Waals surface area contributed by atoms with Crippen LogP contribution in [0, 0.1) is 0 Å². The normalized spacial score (nSPS) is 11.0. The van der Waals surface area contributed by atoms with Gasteiger partial charge in [0.15, 0.2) is 5.65 Å².